The average molecular weight is 318 g/mol. The molecule has 1 aromatic carbocycles. The second-order valence-corrected chi connectivity index (χ2v) is 5.78. The molecule has 5 heteroatoms. The Hall–Kier alpha value is -2.14. The molecule has 0 spiro atoms. The van der Waals surface area contributed by atoms with E-state index in [4.69, 9.17) is 14.2 Å². The van der Waals surface area contributed by atoms with Crippen molar-refractivity contribution in [2.75, 3.05) is 21.3 Å². The molecule has 1 aromatic rings. The monoisotopic (exact) mass is 318 g/mol. The summed E-state index contributed by atoms with van der Waals surface area (Å²) in [7, 11) is 4.16. The Bertz CT molecular complexity index is 577. The molecule has 0 unspecified atom stereocenters. The van der Waals surface area contributed by atoms with Crippen molar-refractivity contribution < 1.29 is 23.8 Å². The van der Waals surface area contributed by atoms with E-state index < -0.39 is 17.4 Å². The summed E-state index contributed by atoms with van der Waals surface area (Å²) in [4.78, 5) is 24.5. The Morgan fingerprint density at radius 2 is 1.70 bits per heavy atom. The molecule has 5 nitrogen and oxygen atoms in total. The number of hydrogen-bond donors (Lipinski definition) is 0. The first-order valence-corrected chi connectivity index (χ1v) is 7.42. The number of hydrogen-bond acceptors (Lipinski definition) is 5. The molecule has 0 bridgehead atoms. The van der Waals surface area contributed by atoms with Crippen LogP contribution in [0.2, 0.25) is 0 Å². The smallest absolute Gasteiger partial charge is 0.323 e. The van der Waals surface area contributed by atoms with E-state index in [-0.39, 0.29) is 24.9 Å². The van der Waals surface area contributed by atoms with E-state index in [0.717, 1.165) is 11.1 Å². The number of methoxy groups -OCH3 is 3. The quantitative estimate of drug-likeness (QED) is 0.474. The zero-order valence-electron chi connectivity index (χ0n) is 13.7. The van der Waals surface area contributed by atoms with Gasteiger partial charge < -0.3 is 14.2 Å². The van der Waals surface area contributed by atoms with Gasteiger partial charge in [0.15, 0.2) is 5.41 Å². The van der Waals surface area contributed by atoms with Crippen molar-refractivity contribution in [1.29, 1.82) is 0 Å². The fraction of sp³-hybridized carbons (Fsp3) is 0.444. The molecule has 0 amide bonds. The summed E-state index contributed by atoms with van der Waals surface area (Å²) in [5, 5.41) is 0. The fourth-order valence-electron chi connectivity index (χ4n) is 3.39. The number of ether oxygens (including phenoxy) is 3. The van der Waals surface area contributed by atoms with Crippen molar-refractivity contribution in [2.24, 2.45) is 11.3 Å². The maximum atomic E-state index is 12.3. The van der Waals surface area contributed by atoms with Crippen molar-refractivity contribution in [3.8, 4) is 0 Å². The van der Waals surface area contributed by atoms with Crippen LogP contribution in [0.1, 0.15) is 24.5 Å². The van der Waals surface area contributed by atoms with Crippen molar-refractivity contribution in [2.45, 2.75) is 18.9 Å². The molecule has 2 atom stereocenters. The summed E-state index contributed by atoms with van der Waals surface area (Å²) < 4.78 is 15.4. The van der Waals surface area contributed by atoms with E-state index in [9.17, 15) is 9.59 Å². The van der Waals surface area contributed by atoms with Crippen molar-refractivity contribution in [1.82, 2.24) is 0 Å². The van der Waals surface area contributed by atoms with Crippen molar-refractivity contribution in [3.05, 3.63) is 48.0 Å². The largest absolute Gasteiger partial charge is 0.468 e. The summed E-state index contributed by atoms with van der Waals surface area (Å²) in [6.07, 6.45) is 0.197. The normalized spacial score (nSPS) is 20.8. The van der Waals surface area contributed by atoms with Crippen LogP contribution in [0.3, 0.4) is 0 Å². The zero-order valence-corrected chi connectivity index (χ0v) is 13.7. The Kier molecular flexibility index (Phi) is 5.21. The Morgan fingerprint density at radius 1 is 1.13 bits per heavy atom. The standard InChI is InChI=1S/C18H22O5/c1-12-10-18(16(19)22-3,17(20)23-4)11-14(12)15(21-2)13-8-6-5-7-9-13/h5-9,14-15H,1,10-11H2,2-4H3/t14-,15-/m0/s1. The van der Waals surface area contributed by atoms with Gasteiger partial charge in [-0.15, -0.1) is 0 Å². The molecule has 2 rings (SSSR count). The molecule has 124 valence electrons. The molecule has 0 aliphatic heterocycles. The lowest BCUT2D eigenvalue weighted by molar-refractivity contribution is -0.169. The van der Waals surface area contributed by atoms with Crippen LogP contribution in [-0.4, -0.2) is 33.3 Å². The minimum Gasteiger partial charge on any atom is -0.468 e. The van der Waals surface area contributed by atoms with Gasteiger partial charge >= 0.3 is 11.9 Å². The van der Waals surface area contributed by atoms with Crippen LogP contribution in [-0.2, 0) is 23.8 Å². The molecule has 0 N–H and O–H groups in total. The number of carbonyl (C=O) groups excluding carboxylic acids is 2. The lowest BCUT2D eigenvalue weighted by Crippen LogP contribution is -2.39. The molecule has 0 heterocycles. The van der Waals surface area contributed by atoms with E-state index in [1.54, 1.807) is 7.11 Å². The Balaban J connectivity index is 2.36. The zero-order chi connectivity index (χ0) is 17.0. The third-order valence-corrected chi connectivity index (χ3v) is 4.52. The van der Waals surface area contributed by atoms with Gasteiger partial charge in [0.1, 0.15) is 0 Å². The van der Waals surface area contributed by atoms with Gasteiger partial charge in [0.05, 0.1) is 20.3 Å². The highest BCUT2D eigenvalue weighted by Gasteiger charge is 2.56. The van der Waals surface area contributed by atoms with E-state index in [2.05, 4.69) is 6.58 Å². The minimum atomic E-state index is -1.34. The molecule has 1 aliphatic carbocycles. The van der Waals surface area contributed by atoms with Gasteiger partial charge in [-0.2, -0.15) is 0 Å². The van der Waals surface area contributed by atoms with Crippen molar-refractivity contribution >= 4 is 11.9 Å². The third kappa shape index (κ3) is 3.01. The summed E-state index contributed by atoms with van der Waals surface area (Å²) in [5.74, 6) is -1.34. The van der Waals surface area contributed by atoms with Crippen LogP contribution in [0.15, 0.2) is 42.5 Å². The summed E-state index contributed by atoms with van der Waals surface area (Å²) >= 11 is 0. The molecular formula is C18H22O5. The lowest BCUT2D eigenvalue weighted by Gasteiger charge is -2.26. The summed E-state index contributed by atoms with van der Waals surface area (Å²) in [6, 6.07) is 9.68. The SMILES string of the molecule is C=C1CC(C(=O)OC)(C(=O)OC)C[C@@H]1[C@@H](OC)c1ccccc1. The second-order valence-electron chi connectivity index (χ2n) is 5.78. The second kappa shape index (κ2) is 6.96. The topological polar surface area (TPSA) is 61.8 Å². The maximum Gasteiger partial charge on any atom is 0.323 e. The van der Waals surface area contributed by atoms with E-state index >= 15 is 0 Å². The first kappa shape index (κ1) is 17.2. The predicted molar refractivity (Wildman–Crippen MR) is 84.5 cm³/mol. The molecule has 1 aliphatic rings. The first-order valence-electron chi connectivity index (χ1n) is 7.42. The molecular weight excluding hydrogens is 296 g/mol. The number of carbonyl (C=O) groups is 2. The predicted octanol–water partition coefficient (Wildman–Crippen LogP) is 2.67. The summed E-state index contributed by atoms with van der Waals surface area (Å²) in [5.41, 5.74) is 0.430. The summed E-state index contributed by atoms with van der Waals surface area (Å²) in [6.45, 7) is 4.06. The highest BCUT2D eigenvalue weighted by Crippen LogP contribution is 2.51. The van der Waals surface area contributed by atoms with Crippen LogP contribution < -0.4 is 0 Å². The Morgan fingerprint density at radius 3 is 2.17 bits per heavy atom. The molecule has 0 saturated heterocycles. The number of benzene rings is 1. The van der Waals surface area contributed by atoms with Gasteiger partial charge in [-0.05, 0) is 18.4 Å². The van der Waals surface area contributed by atoms with Gasteiger partial charge in [-0.3, -0.25) is 9.59 Å². The fourth-order valence-corrected chi connectivity index (χ4v) is 3.39. The number of rotatable bonds is 5. The van der Waals surface area contributed by atoms with E-state index in [1.807, 2.05) is 30.3 Å². The molecule has 1 saturated carbocycles. The van der Waals surface area contributed by atoms with Crippen LogP contribution in [0, 0.1) is 11.3 Å². The maximum absolute atomic E-state index is 12.3. The van der Waals surface area contributed by atoms with Crippen LogP contribution >= 0.6 is 0 Å². The van der Waals surface area contributed by atoms with Crippen LogP contribution in [0.5, 0.6) is 0 Å². The highest BCUT2D eigenvalue weighted by atomic mass is 16.5. The van der Waals surface area contributed by atoms with Crippen molar-refractivity contribution in [3.63, 3.8) is 0 Å². The molecule has 0 aromatic heterocycles. The van der Waals surface area contributed by atoms with E-state index in [0.29, 0.717) is 0 Å². The minimum absolute atomic E-state index is 0.166. The lowest BCUT2D eigenvalue weighted by atomic mass is 9.83. The van der Waals surface area contributed by atoms with Gasteiger partial charge in [-0.1, -0.05) is 42.5 Å². The van der Waals surface area contributed by atoms with Crippen LogP contribution in [0.4, 0.5) is 0 Å². The van der Waals surface area contributed by atoms with Gasteiger partial charge in [0.2, 0.25) is 0 Å². The first-order chi connectivity index (χ1) is 11.0. The molecule has 23 heavy (non-hydrogen) atoms. The van der Waals surface area contributed by atoms with E-state index in [1.165, 1.54) is 14.2 Å². The highest BCUT2D eigenvalue weighted by molar-refractivity contribution is 6.01. The Labute approximate surface area is 136 Å². The van der Waals surface area contributed by atoms with Gasteiger partial charge in [0.25, 0.3) is 0 Å². The average Bonchev–Trinajstić information content (AvgIpc) is 2.93. The van der Waals surface area contributed by atoms with Crippen LogP contribution in [0.25, 0.3) is 0 Å². The molecule has 1 fully saturated rings. The molecule has 0 radical (unpaired) electrons. The van der Waals surface area contributed by atoms with Gasteiger partial charge in [0, 0.05) is 13.0 Å². The third-order valence-electron chi connectivity index (χ3n) is 4.52. The number of esters is 2. The van der Waals surface area contributed by atoms with Gasteiger partial charge in [-0.25, -0.2) is 0 Å².